The van der Waals surface area contributed by atoms with Crippen LogP contribution in [-0.2, 0) is 33.3 Å². The number of hydrogen-bond donors (Lipinski definition) is 2. The fraction of sp³-hybridized carbons (Fsp3) is 0.821. The molecule has 10 atom stereocenters. The lowest BCUT2D eigenvalue weighted by molar-refractivity contribution is -0.197. The highest BCUT2D eigenvalue weighted by atomic mass is 16.6. The van der Waals surface area contributed by atoms with Crippen molar-refractivity contribution in [3.63, 3.8) is 0 Å². The van der Waals surface area contributed by atoms with E-state index in [9.17, 15) is 24.6 Å². The van der Waals surface area contributed by atoms with Gasteiger partial charge in [0.15, 0.2) is 0 Å². The molecule has 2 saturated heterocycles. The van der Waals surface area contributed by atoms with Gasteiger partial charge in [-0.3, -0.25) is 14.4 Å². The summed E-state index contributed by atoms with van der Waals surface area (Å²) >= 11 is 0. The Bertz CT molecular complexity index is 883. The quantitative estimate of drug-likeness (QED) is 0.293. The smallest absolute Gasteiger partial charge is 0.306 e. The number of rotatable bonds is 7. The van der Waals surface area contributed by atoms with Gasteiger partial charge in [0.25, 0.3) is 0 Å². The molecule has 2 bridgehead atoms. The topological polar surface area (TPSA) is 129 Å². The maximum absolute atomic E-state index is 12.8. The minimum Gasteiger partial charge on any atom is -0.466 e. The van der Waals surface area contributed by atoms with Gasteiger partial charge in [0.2, 0.25) is 0 Å². The average Bonchev–Trinajstić information content (AvgIpc) is 3.22. The van der Waals surface area contributed by atoms with Gasteiger partial charge in [-0.1, -0.05) is 26.0 Å². The minimum absolute atomic E-state index is 0.0145. The van der Waals surface area contributed by atoms with Crippen LogP contribution in [0.5, 0.6) is 0 Å². The Labute approximate surface area is 219 Å². The normalized spacial score (nSPS) is 40.4. The van der Waals surface area contributed by atoms with Gasteiger partial charge in [0.1, 0.15) is 29.5 Å². The summed E-state index contributed by atoms with van der Waals surface area (Å²) in [5.74, 6) is -1.78. The maximum Gasteiger partial charge on any atom is 0.306 e. The van der Waals surface area contributed by atoms with E-state index in [0.717, 1.165) is 12.0 Å². The summed E-state index contributed by atoms with van der Waals surface area (Å²) in [4.78, 5) is 36.2. The summed E-state index contributed by atoms with van der Waals surface area (Å²) < 4.78 is 23.6. The van der Waals surface area contributed by atoms with E-state index in [4.69, 9.17) is 18.9 Å². The van der Waals surface area contributed by atoms with Crippen molar-refractivity contribution in [3.05, 3.63) is 12.2 Å². The lowest BCUT2D eigenvalue weighted by Crippen LogP contribution is -2.58. The summed E-state index contributed by atoms with van der Waals surface area (Å²) in [7, 11) is 0. The molecule has 210 valence electrons. The molecule has 0 aromatic rings. The van der Waals surface area contributed by atoms with Crippen molar-refractivity contribution in [1.29, 1.82) is 0 Å². The van der Waals surface area contributed by atoms with Crippen LogP contribution < -0.4 is 0 Å². The van der Waals surface area contributed by atoms with Crippen LogP contribution in [0.1, 0.15) is 80.1 Å². The Balaban J connectivity index is 2.09. The molecule has 9 heteroatoms. The zero-order chi connectivity index (χ0) is 27.7. The molecular weight excluding hydrogens is 480 g/mol. The van der Waals surface area contributed by atoms with Crippen LogP contribution >= 0.6 is 0 Å². The van der Waals surface area contributed by atoms with Crippen LogP contribution in [0.3, 0.4) is 0 Å². The molecule has 0 aromatic carbocycles. The second-order valence-corrected chi connectivity index (χ2v) is 11.6. The van der Waals surface area contributed by atoms with Crippen LogP contribution in [0.4, 0.5) is 0 Å². The third-order valence-corrected chi connectivity index (χ3v) is 8.64. The standard InChI is InChI=1S/C28H44O9/c1-8-9-21(31)37-27(6)13-12-20(35-18(5)30)28(7,33)25(32)24-22-15(2)10-11-19(23(22)26(27)36-24)16(3)14-34-17(4)29/h16,19-20,22-26,32-33H,2,8-14H2,1,3-7H3/t16-,19+,20-,22-,23+,24-,25-,26+,27+,28+/m0/s1. The van der Waals surface area contributed by atoms with Crippen LogP contribution in [0.25, 0.3) is 0 Å². The molecule has 2 aliphatic heterocycles. The third-order valence-electron chi connectivity index (χ3n) is 8.64. The minimum atomic E-state index is -1.81. The summed E-state index contributed by atoms with van der Waals surface area (Å²) in [5, 5.41) is 23.1. The lowest BCUT2D eigenvalue weighted by Gasteiger charge is -2.47. The van der Waals surface area contributed by atoms with Crippen molar-refractivity contribution >= 4 is 17.9 Å². The van der Waals surface area contributed by atoms with E-state index in [1.54, 1.807) is 0 Å². The molecule has 0 amide bonds. The second kappa shape index (κ2) is 11.4. The molecule has 37 heavy (non-hydrogen) atoms. The molecule has 0 aromatic heterocycles. The molecule has 2 N–H and O–H groups in total. The van der Waals surface area contributed by atoms with E-state index in [1.807, 2.05) is 20.8 Å². The molecule has 3 rings (SSSR count). The Hall–Kier alpha value is -1.97. The average molecular weight is 525 g/mol. The van der Waals surface area contributed by atoms with E-state index in [2.05, 4.69) is 6.58 Å². The molecule has 9 nitrogen and oxygen atoms in total. The van der Waals surface area contributed by atoms with E-state index in [0.29, 0.717) is 12.8 Å². The number of aliphatic hydroxyl groups excluding tert-OH is 1. The molecule has 2 heterocycles. The fourth-order valence-electron chi connectivity index (χ4n) is 6.69. The SMILES string of the molecule is C=C1CC[C@H]([C@@H](C)COC(C)=O)[C@@H]2[C@H]1[C@@H]1O[C@H]2[C@](C)(OC(=O)CCC)CC[C@H](OC(C)=O)[C@@](C)(O)[C@H]1O. The molecule has 3 aliphatic rings. The molecule has 0 unspecified atom stereocenters. The number of carbonyl (C=O) groups is 3. The van der Waals surface area contributed by atoms with Crippen LogP contribution in [0.2, 0.25) is 0 Å². The highest BCUT2D eigenvalue weighted by Crippen LogP contribution is 2.56. The van der Waals surface area contributed by atoms with Gasteiger partial charge >= 0.3 is 17.9 Å². The number of carbonyl (C=O) groups excluding carboxylic acids is 3. The van der Waals surface area contributed by atoms with Gasteiger partial charge in [-0.15, -0.1) is 0 Å². The third kappa shape index (κ3) is 6.04. The van der Waals surface area contributed by atoms with Gasteiger partial charge in [0, 0.05) is 32.1 Å². The van der Waals surface area contributed by atoms with Gasteiger partial charge in [-0.2, -0.15) is 0 Å². The van der Waals surface area contributed by atoms with Gasteiger partial charge in [-0.05, 0) is 57.8 Å². The Morgan fingerprint density at radius 1 is 1.19 bits per heavy atom. The first-order valence-electron chi connectivity index (χ1n) is 13.5. The first-order chi connectivity index (χ1) is 17.2. The van der Waals surface area contributed by atoms with E-state index < -0.39 is 41.6 Å². The predicted octanol–water partition coefficient (Wildman–Crippen LogP) is 3.09. The Morgan fingerprint density at radius 2 is 1.86 bits per heavy atom. The van der Waals surface area contributed by atoms with Crippen molar-refractivity contribution < 1.29 is 43.5 Å². The first-order valence-corrected chi connectivity index (χ1v) is 13.5. The first kappa shape index (κ1) is 29.6. The zero-order valence-electron chi connectivity index (χ0n) is 23.0. The summed E-state index contributed by atoms with van der Waals surface area (Å²) in [6, 6.07) is 0. The van der Waals surface area contributed by atoms with Crippen molar-refractivity contribution in [2.75, 3.05) is 6.61 Å². The van der Waals surface area contributed by atoms with Crippen LogP contribution in [-0.4, -0.2) is 70.3 Å². The van der Waals surface area contributed by atoms with Crippen molar-refractivity contribution in [1.82, 2.24) is 0 Å². The molecule has 1 aliphatic carbocycles. The Morgan fingerprint density at radius 3 is 2.46 bits per heavy atom. The second-order valence-electron chi connectivity index (χ2n) is 11.6. The van der Waals surface area contributed by atoms with Crippen molar-refractivity contribution in [2.24, 2.45) is 23.7 Å². The highest BCUT2D eigenvalue weighted by Gasteiger charge is 2.63. The molecule has 1 saturated carbocycles. The monoisotopic (exact) mass is 524 g/mol. The van der Waals surface area contributed by atoms with Crippen LogP contribution in [0.15, 0.2) is 12.2 Å². The zero-order valence-corrected chi connectivity index (χ0v) is 23.0. The fourth-order valence-corrected chi connectivity index (χ4v) is 6.69. The lowest BCUT2D eigenvalue weighted by atomic mass is 9.60. The number of esters is 3. The number of fused-ring (bicyclic) bond motifs is 5. The number of ether oxygens (including phenoxy) is 4. The van der Waals surface area contributed by atoms with E-state index >= 15 is 0 Å². The van der Waals surface area contributed by atoms with Crippen LogP contribution in [0, 0.1) is 23.7 Å². The number of aliphatic hydroxyl groups is 2. The van der Waals surface area contributed by atoms with E-state index in [1.165, 1.54) is 20.8 Å². The molecule has 0 spiro atoms. The molecular formula is C28H44O9. The van der Waals surface area contributed by atoms with Gasteiger partial charge in [0.05, 0.1) is 12.7 Å². The molecule has 3 fully saturated rings. The van der Waals surface area contributed by atoms with Gasteiger partial charge < -0.3 is 29.2 Å². The predicted molar refractivity (Wildman–Crippen MR) is 134 cm³/mol. The maximum atomic E-state index is 12.8. The van der Waals surface area contributed by atoms with E-state index in [-0.39, 0.29) is 61.5 Å². The summed E-state index contributed by atoms with van der Waals surface area (Å²) in [5.41, 5.74) is -2.03. The van der Waals surface area contributed by atoms with Crippen molar-refractivity contribution in [3.8, 4) is 0 Å². The number of hydrogen-bond acceptors (Lipinski definition) is 9. The van der Waals surface area contributed by atoms with Crippen molar-refractivity contribution in [2.45, 2.75) is 116 Å². The largest absolute Gasteiger partial charge is 0.466 e. The molecule has 0 radical (unpaired) electrons. The Kier molecular flexibility index (Phi) is 9.13. The highest BCUT2D eigenvalue weighted by molar-refractivity contribution is 5.70. The van der Waals surface area contributed by atoms with Gasteiger partial charge in [-0.25, -0.2) is 0 Å². The summed E-state index contributed by atoms with van der Waals surface area (Å²) in [6.07, 6.45) is -1.10. The summed E-state index contributed by atoms with van der Waals surface area (Å²) in [6.45, 7) is 14.4.